The molecule has 19 heavy (non-hydrogen) atoms. The Kier molecular flexibility index (Phi) is 3.97. The molecule has 1 saturated carbocycles. The van der Waals surface area contributed by atoms with Crippen LogP contribution >= 0.6 is 11.3 Å². The molecule has 2 unspecified atom stereocenters. The number of nitrogens with zero attached hydrogens (tertiary/aromatic N) is 1. The number of rotatable bonds is 4. The molecule has 2 nitrogen and oxygen atoms in total. The molecule has 2 atom stereocenters. The van der Waals surface area contributed by atoms with E-state index < -0.39 is 0 Å². The Morgan fingerprint density at radius 1 is 1.53 bits per heavy atom. The minimum atomic E-state index is 0.361. The van der Waals surface area contributed by atoms with Crippen LogP contribution in [0, 0.1) is 5.92 Å². The first-order valence-corrected chi connectivity index (χ1v) is 8.57. The molecule has 0 spiro atoms. The zero-order valence-corrected chi connectivity index (χ0v) is 13.0. The summed E-state index contributed by atoms with van der Waals surface area (Å²) >= 11 is 1.90. The second-order valence-corrected chi connectivity index (χ2v) is 7.61. The highest BCUT2D eigenvalue weighted by molar-refractivity contribution is 7.09. The van der Waals surface area contributed by atoms with E-state index in [0.29, 0.717) is 11.6 Å². The van der Waals surface area contributed by atoms with Crippen LogP contribution < -0.4 is 5.32 Å². The van der Waals surface area contributed by atoms with Crippen LogP contribution in [-0.2, 0) is 6.42 Å². The SMILES string of the molecule is CC(Cc1cccs1)N1CCCNC(C)(C2CC2)C1. The molecule has 1 aromatic rings. The second-order valence-electron chi connectivity index (χ2n) is 6.58. The van der Waals surface area contributed by atoms with Gasteiger partial charge in [-0.3, -0.25) is 4.90 Å². The molecule has 1 aliphatic heterocycles. The summed E-state index contributed by atoms with van der Waals surface area (Å²) in [6.07, 6.45) is 5.35. The maximum atomic E-state index is 3.82. The molecule has 0 bridgehead atoms. The third kappa shape index (κ3) is 3.21. The number of thiophene rings is 1. The minimum Gasteiger partial charge on any atom is -0.310 e. The van der Waals surface area contributed by atoms with Gasteiger partial charge >= 0.3 is 0 Å². The summed E-state index contributed by atoms with van der Waals surface area (Å²) in [5, 5.41) is 6.02. The Morgan fingerprint density at radius 2 is 2.37 bits per heavy atom. The van der Waals surface area contributed by atoms with E-state index in [2.05, 4.69) is 41.6 Å². The van der Waals surface area contributed by atoms with Gasteiger partial charge in [0.1, 0.15) is 0 Å². The van der Waals surface area contributed by atoms with Crippen LogP contribution in [0.2, 0.25) is 0 Å². The molecule has 3 heteroatoms. The lowest BCUT2D eigenvalue weighted by Gasteiger charge is -2.36. The zero-order valence-electron chi connectivity index (χ0n) is 12.2. The Bertz CT molecular complexity index is 399. The molecule has 2 fully saturated rings. The molecule has 0 radical (unpaired) electrons. The van der Waals surface area contributed by atoms with Crippen molar-refractivity contribution in [2.45, 2.75) is 51.1 Å². The Hall–Kier alpha value is -0.380. The van der Waals surface area contributed by atoms with Gasteiger partial charge in [0.25, 0.3) is 0 Å². The van der Waals surface area contributed by atoms with Crippen molar-refractivity contribution in [1.29, 1.82) is 0 Å². The standard InChI is InChI=1S/C16H26N2S/c1-13(11-15-5-3-10-19-15)18-9-4-8-17-16(2,12-18)14-6-7-14/h3,5,10,13-14,17H,4,6-9,11-12H2,1-2H3. The van der Waals surface area contributed by atoms with E-state index in [1.54, 1.807) is 0 Å². The molecule has 0 aromatic carbocycles. The van der Waals surface area contributed by atoms with Crippen molar-refractivity contribution >= 4 is 11.3 Å². The van der Waals surface area contributed by atoms with Gasteiger partial charge in [-0.05, 0) is 70.0 Å². The summed E-state index contributed by atoms with van der Waals surface area (Å²) in [6, 6.07) is 5.11. The van der Waals surface area contributed by atoms with Gasteiger partial charge in [-0.15, -0.1) is 11.3 Å². The predicted octanol–water partition coefficient (Wildman–Crippen LogP) is 3.14. The molecule has 106 valence electrons. The topological polar surface area (TPSA) is 15.3 Å². The Labute approximate surface area is 121 Å². The first-order valence-electron chi connectivity index (χ1n) is 7.69. The van der Waals surface area contributed by atoms with Gasteiger partial charge in [-0.2, -0.15) is 0 Å². The molecule has 1 saturated heterocycles. The van der Waals surface area contributed by atoms with Crippen molar-refractivity contribution in [3.63, 3.8) is 0 Å². The lowest BCUT2D eigenvalue weighted by molar-refractivity contribution is 0.159. The van der Waals surface area contributed by atoms with Crippen molar-refractivity contribution in [2.24, 2.45) is 5.92 Å². The lowest BCUT2D eigenvalue weighted by atomic mass is 9.94. The van der Waals surface area contributed by atoms with Crippen molar-refractivity contribution in [1.82, 2.24) is 10.2 Å². The third-order valence-electron chi connectivity index (χ3n) is 4.86. The summed E-state index contributed by atoms with van der Waals surface area (Å²) in [6.45, 7) is 8.51. The van der Waals surface area contributed by atoms with Crippen molar-refractivity contribution in [3.8, 4) is 0 Å². The van der Waals surface area contributed by atoms with E-state index in [0.717, 1.165) is 5.92 Å². The fourth-order valence-corrected chi connectivity index (χ4v) is 4.26. The van der Waals surface area contributed by atoms with Crippen molar-refractivity contribution in [3.05, 3.63) is 22.4 Å². The molecule has 3 rings (SSSR count). The average Bonchev–Trinajstić information content (AvgIpc) is 3.16. The molecular weight excluding hydrogens is 252 g/mol. The summed E-state index contributed by atoms with van der Waals surface area (Å²) in [5.41, 5.74) is 0.361. The minimum absolute atomic E-state index is 0.361. The number of hydrogen-bond donors (Lipinski definition) is 1. The van der Waals surface area contributed by atoms with E-state index >= 15 is 0 Å². The summed E-state index contributed by atoms with van der Waals surface area (Å²) in [5.74, 6) is 0.919. The van der Waals surface area contributed by atoms with Crippen molar-refractivity contribution in [2.75, 3.05) is 19.6 Å². The fraction of sp³-hybridized carbons (Fsp3) is 0.750. The maximum Gasteiger partial charge on any atom is 0.0308 e. The Balaban J connectivity index is 1.64. The van der Waals surface area contributed by atoms with Crippen LogP contribution in [0.15, 0.2) is 17.5 Å². The maximum absolute atomic E-state index is 3.82. The lowest BCUT2D eigenvalue weighted by Crippen LogP contribution is -2.52. The third-order valence-corrected chi connectivity index (χ3v) is 5.76. The van der Waals surface area contributed by atoms with Gasteiger partial charge in [0.05, 0.1) is 0 Å². The molecule has 1 N–H and O–H groups in total. The quantitative estimate of drug-likeness (QED) is 0.910. The van der Waals surface area contributed by atoms with E-state index in [1.807, 2.05) is 11.3 Å². The Morgan fingerprint density at radius 3 is 3.05 bits per heavy atom. The number of nitrogens with one attached hydrogen (secondary N) is 1. The van der Waals surface area contributed by atoms with Gasteiger partial charge in [0.2, 0.25) is 0 Å². The van der Waals surface area contributed by atoms with Crippen LogP contribution in [-0.4, -0.2) is 36.1 Å². The monoisotopic (exact) mass is 278 g/mol. The van der Waals surface area contributed by atoms with Crippen LogP contribution in [0.5, 0.6) is 0 Å². The molecule has 2 heterocycles. The van der Waals surface area contributed by atoms with E-state index in [4.69, 9.17) is 0 Å². The normalized spacial score (nSPS) is 31.1. The molecule has 1 aliphatic carbocycles. The highest BCUT2D eigenvalue weighted by atomic mass is 32.1. The molecule has 1 aromatic heterocycles. The smallest absolute Gasteiger partial charge is 0.0308 e. The van der Waals surface area contributed by atoms with E-state index in [1.165, 1.54) is 50.2 Å². The summed E-state index contributed by atoms with van der Waals surface area (Å²) < 4.78 is 0. The second kappa shape index (κ2) is 5.55. The van der Waals surface area contributed by atoms with Gasteiger partial charge in [-0.1, -0.05) is 6.07 Å². The first-order chi connectivity index (χ1) is 9.17. The van der Waals surface area contributed by atoms with Crippen LogP contribution in [0.3, 0.4) is 0 Å². The summed E-state index contributed by atoms with van der Waals surface area (Å²) in [7, 11) is 0. The molecular formula is C16H26N2S. The van der Waals surface area contributed by atoms with E-state index in [9.17, 15) is 0 Å². The van der Waals surface area contributed by atoms with Crippen LogP contribution in [0.4, 0.5) is 0 Å². The van der Waals surface area contributed by atoms with E-state index in [-0.39, 0.29) is 0 Å². The van der Waals surface area contributed by atoms with Gasteiger partial charge in [-0.25, -0.2) is 0 Å². The first kappa shape index (κ1) is 13.6. The highest BCUT2D eigenvalue weighted by Crippen LogP contribution is 2.40. The van der Waals surface area contributed by atoms with Gasteiger partial charge < -0.3 is 5.32 Å². The van der Waals surface area contributed by atoms with Crippen LogP contribution in [0.25, 0.3) is 0 Å². The fourth-order valence-electron chi connectivity index (χ4n) is 3.43. The largest absolute Gasteiger partial charge is 0.310 e. The zero-order chi connectivity index (χ0) is 13.3. The molecule has 0 amide bonds. The van der Waals surface area contributed by atoms with Crippen LogP contribution in [0.1, 0.15) is 38.0 Å². The highest BCUT2D eigenvalue weighted by Gasteiger charge is 2.43. The average molecular weight is 278 g/mol. The van der Waals surface area contributed by atoms with Gasteiger partial charge in [0, 0.05) is 23.0 Å². The predicted molar refractivity (Wildman–Crippen MR) is 82.8 cm³/mol. The van der Waals surface area contributed by atoms with Crippen molar-refractivity contribution < 1.29 is 0 Å². The summed E-state index contributed by atoms with van der Waals surface area (Å²) in [4.78, 5) is 4.25. The van der Waals surface area contributed by atoms with Gasteiger partial charge in [0.15, 0.2) is 0 Å². The number of hydrogen-bond acceptors (Lipinski definition) is 3. The molecule has 2 aliphatic rings.